The van der Waals surface area contributed by atoms with E-state index in [1.54, 1.807) is 0 Å². The molecule has 0 fully saturated rings. The van der Waals surface area contributed by atoms with Gasteiger partial charge in [0.2, 0.25) is 0 Å². The second kappa shape index (κ2) is 162. The van der Waals surface area contributed by atoms with Crippen LogP contribution in [0.15, 0.2) is 0 Å². The van der Waals surface area contributed by atoms with Crippen molar-refractivity contribution >= 4 is 21.9 Å². The summed E-state index contributed by atoms with van der Waals surface area (Å²) in [5.41, 5.74) is 0. The predicted octanol–water partition coefficient (Wildman–Crippen LogP) is -1.12. The zero-order valence-electron chi connectivity index (χ0n) is 2.93. The molecule has 0 atom stereocenters. The minimum absolute atomic E-state index is 0. The van der Waals surface area contributed by atoms with Gasteiger partial charge in [-0.15, -0.1) is 0 Å². The van der Waals surface area contributed by atoms with E-state index >= 15 is 0 Å². The molecule has 0 bridgehead atoms. The van der Waals surface area contributed by atoms with E-state index in [9.17, 15) is 0 Å². The van der Waals surface area contributed by atoms with Gasteiger partial charge in [0.1, 0.15) is 0 Å². The SMILES string of the molecule is [Fe+3].[Fe+3].[O-2].[O-2].[O-2].[Si].[Si]. The molecule has 0 aliphatic heterocycles. The average molecular weight is 216 g/mol. The van der Waals surface area contributed by atoms with E-state index < -0.39 is 0 Å². The van der Waals surface area contributed by atoms with Gasteiger partial charge in [0.05, 0.1) is 0 Å². The Morgan fingerprint density at radius 3 is 0.429 bits per heavy atom. The number of hydrogen-bond acceptors (Lipinski definition) is 0. The minimum atomic E-state index is 0. The Morgan fingerprint density at radius 1 is 0.429 bits per heavy atom. The van der Waals surface area contributed by atoms with Gasteiger partial charge in [0.15, 0.2) is 0 Å². The maximum atomic E-state index is 0. The van der Waals surface area contributed by atoms with Crippen LogP contribution in [0.25, 0.3) is 0 Å². The number of rotatable bonds is 0. The average Bonchev–Trinajstić information content (AvgIpc) is 0. The van der Waals surface area contributed by atoms with Crippen molar-refractivity contribution in [2.75, 3.05) is 0 Å². The topological polar surface area (TPSA) is 85.5 Å². The molecule has 0 aliphatic rings. The molecule has 0 aromatic heterocycles. The molecule has 0 heterocycles. The Hall–Kier alpha value is 1.35. The van der Waals surface area contributed by atoms with Gasteiger partial charge in [-0.25, -0.2) is 0 Å². The summed E-state index contributed by atoms with van der Waals surface area (Å²) >= 11 is 0. The van der Waals surface area contributed by atoms with Crippen molar-refractivity contribution < 1.29 is 50.6 Å². The first-order valence-electron chi connectivity index (χ1n) is 0. The summed E-state index contributed by atoms with van der Waals surface area (Å²) in [4.78, 5) is 0. The molecule has 10 radical (unpaired) electrons. The van der Waals surface area contributed by atoms with Gasteiger partial charge in [-0.1, -0.05) is 0 Å². The molecule has 0 aliphatic carbocycles. The van der Waals surface area contributed by atoms with E-state index in [-0.39, 0.29) is 72.5 Å². The zero-order chi connectivity index (χ0) is 0. The molecule has 0 rings (SSSR count). The summed E-state index contributed by atoms with van der Waals surface area (Å²) in [6.45, 7) is 0. The summed E-state index contributed by atoms with van der Waals surface area (Å²) in [5.74, 6) is 0. The van der Waals surface area contributed by atoms with E-state index in [0.717, 1.165) is 0 Å². The van der Waals surface area contributed by atoms with Crippen LogP contribution >= 0.6 is 0 Å². The van der Waals surface area contributed by atoms with Gasteiger partial charge in [-0.3, -0.25) is 0 Å². The van der Waals surface area contributed by atoms with Crippen LogP contribution in [0.1, 0.15) is 0 Å². The molecule has 0 aromatic carbocycles. The molecular formula is Fe2O3Si2. The van der Waals surface area contributed by atoms with Crippen molar-refractivity contribution in [1.29, 1.82) is 0 Å². The Morgan fingerprint density at radius 2 is 0.429 bits per heavy atom. The second-order valence-corrected chi connectivity index (χ2v) is 0. The van der Waals surface area contributed by atoms with Crippen molar-refractivity contribution in [1.82, 2.24) is 0 Å². The molecule has 0 saturated carbocycles. The monoisotopic (exact) mass is 216 g/mol. The molecule has 42 valence electrons. The molecule has 3 nitrogen and oxygen atoms in total. The third-order valence-electron chi connectivity index (χ3n) is 0. The fraction of sp³-hybridized carbons (Fsp3) is 0. The fourth-order valence-electron chi connectivity index (χ4n) is 0. The van der Waals surface area contributed by atoms with Gasteiger partial charge >= 0.3 is 34.1 Å². The molecule has 0 aromatic rings. The van der Waals surface area contributed by atoms with Crippen LogP contribution in [0.5, 0.6) is 0 Å². The summed E-state index contributed by atoms with van der Waals surface area (Å²) in [5, 5.41) is 0. The van der Waals surface area contributed by atoms with Crippen molar-refractivity contribution in [2.24, 2.45) is 0 Å². The smallest absolute Gasteiger partial charge is 2.00 e. The van der Waals surface area contributed by atoms with Crippen LogP contribution in [0, 0.1) is 0 Å². The van der Waals surface area contributed by atoms with E-state index in [1.165, 1.54) is 0 Å². The Balaban J connectivity index is 0. The Kier molecular flexibility index (Phi) is 5720. The molecule has 0 unspecified atom stereocenters. The van der Waals surface area contributed by atoms with Gasteiger partial charge in [-0.05, 0) is 0 Å². The molecular weight excluding hydrogens is 216 g/mol. The van der Waals surface area contributed by atoms with E-state index in [1.807, 2.05) is 0 Å². The van der Waals surface area contributed by atoms with Crippen LogP contribution in [0.3, 0.4) is 0 Å². The summed E-state index contributed by atoms with van der Waals surface area (Å²) in [6.07, 6.45) is 0. The first-order valence-corrected chi connectivity index (χ1v) is 0. The van der Waals surface area contributed by atoms with Crippen LogP contribution in [-0.4, -0.2) is 21.9 Å². The normalized spacial score (nSPS) is 0. The molecule has 7 heteroatoms. The van der Waals surface area contributed by atoms with Gasteiger partial charge < -0.3 is 16.4 Å². The van der Waals surface area contributed by atoms with Crippen molar-refractivity contribution in [3.8, 4) is 0 Å². The first kappa shape index (κ1) is 247. The van der Waals surface area contributed by atoms with Crippen LogP contribution in [0.4, 0.5) is 0 Å². The Bertz CT molecular complexity index is 10.9. The third-order valence-corrected chi connectivity index (χ3v) is 0. The van der Waals surface area contributed by atoms with E-state index in [2.05, 4.69) is 0 Å². The molecule has 0 saturated heterocycles. The fourth-order valence-corrected chi connectivity index (χ4v) is 0. The second-order valence-electron chi connectivity index (χ2n) is 0. The Labute approximate surface area is 72.5 Å². The maximum Gasteiger partial charge on any atom is 3.00 e. The first-order chi connectivity index (χ1) is 0. The van der Waals surface area contributed by atoms with Crippen LogP contribution in [0.2, 0.25) is 0 Å². The molecule has 0 spiro atoms. The van der Waals surface area contributed by atoms with Crippen LogP contribution < -0.4 is 0 Å². The largest absolute Gasteiger partial charge is 3.00 e. The minimum Gasteiger partial charge on any atom is -2.00 e. The van der Waals surface area contributed by atoms with Gasteiger partial charge in [-0.2, -0.15) is 0 Å². The molecule has 7 heavy (non-hydrogen) atoms. The number of hydrogen-bond donors (Lipinski definition) is 0. The van der Waals surface area contributed by atoms with Crippen molar-refractivity contribution in [2.45, 2.75) is 0 Å². The zero-order valence-corrected chi connectivity index (χ0v) is 7.14. The summed E-state index contributed by atoms with van der Waals surface area (Å²) in [7, 11) is 0. The van der Waals surface area contributed by atoms with Gasteiger partial charge in [0.25, 0.3) is 0 Å². The van der Waals surface area contributed by atoms with Crippen molar-refractivity contribution in [3.63, 3.8) is 0 Å². The summed E-state index contributed by atoms with van der Waals surface area (Å²) < 4.78 is 0. The van der Waals surface area contributed by atoms with Crippen molar-refractivity contribution in [3.05, 3.63) is 0 Å². The van der Waals surface area contributed by atoms with Gasteiger partial charge in [0, 0.05) is 21.9 Å². The molecule has 0 N–H and O–H groups in total. The maximum absolute atomic E-state index is 0. The van der Waals surface area contributed by atoms with E-state index in [4.69, 9.17) is 0 Å². The molecule has 0 amide bonds. The van der Waals surface area contributed by atoms with Crippen LogP contribution in [-0.2, 0) is 50.6 Å². The quantitative estimate of drug-likeness (QED) is 0.459. The summed E-state index contributed by atoms with van der Waals surface area (Å²) in [6, 6.07) is 0. The third kappa shape index (κ3) is 115. The predicted molar refractivity (Wildman–Crippen MR) is 13.6 cm³/mol. The van der Waals surface area contributed by atoms with E-state index in [0.29, 0.717) is 0 Å². The standard InChI is InChI=1S/2Fe.3O.2Si/q2*+3;3*-2;;.